The number of benzene rings is 1. The van der Waals surface area contributed by atoms with Crippen LogP contribution in [0, 0.1) is 0 Å². The molecular formula is C23H24BrN5O4. The van der Waals surface area contributed by atoms with Crippen molar-refractivity contribution in [2.75, 3.05) is 32.5 Å². The Balaban J connectivity index is 1.52. The molecule has 2 N–H and O–H groups in total. The summed E-state index contributed by atoms with van der Waals surface area (Å²) < 4.78 is 11.4. The van der Waals surface area contributed by atoms with Crippen molar-refractivity contribution in [1.82, 2.24) is 19.8 Å². The van der Waals surface area contributed by atoms with E-state index >= 15 is 0 Å². The van der Waals surface area contributed by atoms with Crippen LogP contribution in [0.15, 0.2) is 51.8 Å². The van der Waals surface area contributed by atoms with Crippen molar-refractivity contribution in [3.63, 3.8) is 0 Å². The third-order valence-electron chi connectivity index (χ3n) is 5.71. The van der Waals surface area contributed by atoms with Crippen LogP contribution >= 0.6 is 15.9 Å². The average Bonchev–Trinajstić information content (AvgIpc) is 3.23. The minimum atomic E-state index is -0.514. The van der Waals surface area contributed by atoms with Gasteiger partial charge >= 0.3 is 0 Å². The van der Waals surface area contributed by atoms with E-state index in [4.69, 9.17) is 14.9 Å². The number of aromatic nitrogens is 2. The van der Waals surface area contributed by atoms with Crippen molar-refractivity contribution in [2.24, 2.45) is 0 Å². The SMILES string of the molecule is COC[C@@H]1C(C=O)N(Cc2ccc3c(N)ncnc3c2)CCN1C(=O)C=Cc1ccc(Br)o1. The molecule has 1 saturated heterocycles. The zero-order valence-corrected chi connectivity index (χ0v) is 19.6. The van der Waals surface area contributed by atoms with Gasteiger partial charge in [-0.25, -0.2) is 9.97 Å². The normalized spacial score (nSPS) is 19.4. The summed E-state index contributed by atoms with van der Waals surface area (Å²) in [7, 11) is 1.56. The number of amides is 1. The highest BCUT2D eigenvalue weighted by Crippen LogP contribution is 2.23. The Morgan fingerprint density at radius 2 is 2.15 bits per heavy atom. The third-order valence-corrected chi connectivity index (χ3v) is 6.13. The molecule has 0 saturated carbocycles. The predicted molar refractivity (Wildman–Crippen MR) is 127 cm³/mol. The molecule has 0 bridgehead atoms. The highest BCUT2D eigenvalue weighted by molar-refractivity contribution is 9.10. The Labute approximate surface area is 199 Å². The second-order valence-corrected chi connectivity index (χ2v) is 8.52. The van der Waals surface area contributed by atoms with E-state index in [-0.39, 0.29) is 12.5 Å². The van der Waals surface area contributed by atoms with Crippen molar-refractivity contribution in [2.45, 2.75) is 18.6 Å². The van der Waals surface area contributed by atoms with Crippen LogP contribution in [0.5, 0.6) is 0 Å². The van der Waals surface area contributed by atoms with Crippen LogP contribution < -0.4 is 5.73 Å². The lowest BCUT2D eigenvalue weighted by Gasteiger charge is -2.45. The lowest BCUT2D eigenvalue weighted by atomic mass is 10.0. The van der Waals surface area contributed by atoms with Gasteiger partial charge in [0.15, 0.2) is 4.67 Å². The molecule has 3 heterocycles. The van der Waals surface area contributed by atoms with Gasteiger partial charge in [-0.15, -0.1) is 0 Å². The van der Waals surface area contributed by atoms with E-state index in [1.165, 1.54) is 12.4 Å². The van der Waals surface area contributed by atoms with E-state index in [2.05, 4.69) is 30.8 Å². The molecule has 0 aliphatic carbocycles. The number of hydrogen-bond donors (Lipinski definition) is 1. The monoisotopic (exact) mass is 513 g/mol. The molecule has 4 rings (SSSR count). The van der Waals surface area contributed by atoms with Gasteiger partial charge in [0.05, 0.1) is 24.2 Å². The minimum Gasteiger partial charge on any atom is -0.450 e. The molecule has 1 amide bonds. The zero-order valence-electron chi connectivity index (χ0n) is 18.1. The van der Waals surface area contributed by atoms with Crippen LogP contribution in [0.25, 0.3) is 17.0 Å². The minimum absolute atomic E-state index is 0.200. The number of piperazine rings is 1. The first-order valence-corrected chi connectivity index (χ1v) is 11.2. The maximum atomic E-state index is 12.9. The number of nitrogen functional groups attached to an aromatic ring is 1. The molecule has 0 radical (unpaired) electrons. The van der Waals surface area contributed by atoms with Crippen LogP contribution in [0.3, 0.4) is 0 Å². The predicted octanol–water partition coefficient (Wildman–Crippen LogP) is 2.51. The summed E-state index contributed by atoms with van der Waals surface area (Å²) in [5.41, 5.74) is 7.66. The zero-order chi connectivity index (χ0) is 23.4. The van der Waals surface area contributed by atoms with Crippen molar-refractivity contribution in [3.05, 3.63) is 58.7 Å². The average molecular weight is 514 g/mol. The molecule has 1 aliphatic heterocycles. The van der Waals surface area contributed by atoms with Crippen LogP contribution in [0.4, 0.5) is 5.82 Å². The van der Waals surface area contributed by atoms with Crippen molar-refractivity contribution >= 4 is 50.9 Å². The van der Waals surface area contributed by atoms with Gasteiger partial charge in [0.1, 0.15) is 24.2 Å². The van der Waals surface area contributed by atoms with Crippen LogP contribution in [-0.2, 0) is 20.9 Å². The number of halogens is 1. The van der Waals surface area contributed by atoms with E-state index in [0.29, 0.717) is 35.9 Å². The summed E-state index contributed by atoms with van der Waals surface area (Å²) in [5, 5.41) is 0.788. The summed E-state index contributed by atoms with van der Waals surface area (Å²) in [4.78, 5) is 37.1. The number of furan rings is 1. The van der Waals surface area contributed by atoms with E-state index in [1.54, 1.807) is 30.2 Å². The second kappa shape index (κ2) is 10.2. The summed E-state index contributed by atoms with van der Waals surface area (Å²) in [6, 6.07) is 8.38. The molecule has 172 valence electrons. The second-order valence-electron chi connectivity index (χ2n) is 7.74. The number of anilines is 1. The quantitative estimate of drug-likeness (QED) is 0.378. The van der Waals surface area contributed by atoms with Gasteiger partial charge in [-0.05, 0) is 51.8 Å². The molecule has 33 heavy (non-hydrogen) atoms. The molecule has 2 aromatic heterocycles. The lowest BCUT2D eigenvalue weighted by Crippen LogP contribution is -2.62. The Bertz CT molecular complexity index is 1180. The number of methoxy groups -OCH3 is 1. The van der Waals surface area contributed by atoms with Gasteiger partial charge in [-0.1, -0.05) is 6.07 Å². The van der Waals surface area contributed by atoms with E-state index in [9.17, 15) is 9.59 Å². The highest BCUT2D eigenvalue weighted by atomic mass is 79.9. The van der Waals surface area contributed by atoms with Gasteiger partial charge in [0.25, 0.3) is 0 Å². The van der Waals surface area contributed by atoms with E-state index in [1.807, 2.05) is 18.2 Å². The molecule has 1 aromatic carbocycles. The summed E-state index contributed by atoms with van der Waals surface area (Å²) in [6.07, 6.45) is 5.39. The highest BCUT2D eigenvalue weighted by Gasteiger charge is 2.38. The molecule has 10 heteroatoms. The van der Waals surface area contributed by atoms with Gasteiger partial charge in [-0.2, -0.15) is 0 Å². The van der Waals surface area contributed by atoms with Crippen LogP contribution in [-0.4, -0.2) is 70.9 Å². The Hall–Kier alpha value is -3.08. The maximum Gasteiger partial charge on any atom is 0.247 e. The molecular weight excluding hydrogens is 490 g/mol. The topological polar surface area (TPSA) is 115 Å². The molecule has 9 nitrogen and oxygen atoms in total. The number of hydrogen-bond acceptors (Lipinski definition) is 8. The number of carbonyl (C=O) groups excluding carboxylic acids is 2. The van der Waals surface area contributed by atoms with Gasteiger partial charge in [-0.3, -0.25) is 9.69 Å². The summed E-state index contributed by atoms with van der Waals surface area (Å²) >= 11 is 3.24. The molecule has 1 aliphatic rings. The smallest absolute Gasteiger partial charge is 0.247 e. The fourth-order valence-electron chi connectivity index (χ4n) is 4.10. The lowest BCUT2D eigenvalue weighted by molar-refractivity contribution is -0.138. The molecule has 3 aromatic rings. The van der Waals surface area contributed by atoms with E-state index < -0.39 is 12.1 Å². The number of nitrogens with two attached hydrogens (primary N) is 1. The number of carbonyl (C=O) groups is 2. The number of aldehydes is 1. The van der Waals surface area contributed by atoms with Gasteiger partial charge in [0, 0.05) is 38.2 Å². The Morgan fingerprint density at radius 1 is 1.30 bits per heavy atom. The standard InChI is InChI=1S/C23H24BrN5O4/c1-32-13-20-19(12-30)28(11-15-2-5-17-18(10-15)26-14-27-23(17)25)8-9-29(20)22(31)7-4-16-3-6-21(24)33-16/h2-7,10,12,14,19-20H,8-9,11,13H2,1H3,(H2,25,26,27)/t19?,20-/m1/s1. The number of rotatable bonds is 7. The maximum absolute atomic E-state index is 12.9. The fourth-order valence-corrected chi connectivity index (χ4v) is 4.42. The van der Waals surface area contributed by atoms with Crippen LogP contribution in [0.2, 0.25) is 0 Å². The summed E-state index contributed by atoms with van der Waals surface area (Å²) in [6.45, 7) is 1.78. The van der Waals surface area contributed by atoms with Crippen LogP contribution in [0.1, 0.15) is 11.3 Å². The molecule has 1 unspecified atom stereocenters. The molecule has 0 spiro atoms. The van der Waals surface area contributed by atoms with Gasteiger partial charge < -0.3 is 24.6 Å². The molecule has 2 atom stereocenters. The Kier molecular flexibility index (Phi) is 7.17. The largest absolute Gasteiger partial charge is 0.450 e. The molecule has 1 fully saturated rings. The van der Waals surface area contributed by atoms with Gasteiger partial charge in [0.2, 0.25) is 5.91 Å². The van der Waals surface area contributed by atoms with Crippen molar-refractivity contribution in [3.8, 4) is 0 Å². The first kappa shape index (κ1) is 23.1. The van der Waals surface area contributed by atoms with Crippen molar-refractivity contribution < 1.29 is 18.7 Å². The summed E-state index contributed by atoms with van der Waals surface area (Å²) in [5.74, 6) is 0.790. The number of ether oxygens (including phenoxy) is 1. The Morgan fingerprint density at radius 3 is 2.88 bits per heavy atom. The fraction of sp³-hybridized carbons (Fsp3) is 0.304. The first-order valence-electron chi connectivity index (χ1n) is 10.4. The number of fused-ring (bicyclic) bond motifs is 1. The first-order chi connectivity index (χ1) is 16.0. The third kappa shape index (κ3) is 5.13. The van der Waals surface area contributed by atoms with E-state index in [0.717, 1.165) is 22.8 Å². The van der Waals surface area contributed by atoms with Crippen molar-refractivity contribution in [1.29, 1.82) is 0 Å². The number of nitrogens with zero attached hydrogens (tertiary/aromatic N) is 4.